The number of nitrogens with zero attached hydrogens (tertiary/aromatic N) is 2. The number of fused-ring (bicyclic) bond motifs is 3. The number of esters is 1. The van der Waals surface area contributed by atoms with Crippen molar-refractivity contribution in [3.05, 3.63) is 36.4 Å². The Kier molecular flexibility index (Phi) is 9.10. The van der Waals surface area contributed by atoms with Gasteiger partial charge in [0.1, 0.15) is 29.2 Å². The number of hydrogen-bond acceptors (Lipinski definition) is 9. The van der Waals surface area contributed by atoms with E-state index in [0.717, 1.165) is 24.6 Å². The van der Waals surface area contributed by atoms with Crippen LogP contribution in [-0.4, -0.2) is 78.8 Å². The molecule has 1 unspecified atom stereocenters. The number of benzene rings is 1. The van der Waals surface area contributed by atoms with Crippen molar-refractivity contribution in [1.82, 2.24) is 15.2 Å². The van der Waals surface area contributed by atoms with Crippen LogP contribution in [0.1, 0.15) is 52.4 Å². The van der Waals surface area contributed by atoms with Gasteiger partial charge in [-0.3, -0.25) is 9.59 Å². The van der Waals surface area contributed by atoms with Crippen LogP contribution in [0.3, 0.4) is 0 Å². The molecule has 3 aliphatic rings. The third-order valence-electron chi connectivity index (χ3n) is 8.78. The molecule has 6 atom stereocenters. The number of carbonyl (C=O) groups excluding carboxylic acids is 3. The van der Waals surface area contributed by atoms with Gasteiger partial charge in [0.15, 0.2) is 0 Å². The van der Waals surface area contributed by atoms with E-state index in [1.807, 2.05) is 25.1 Å². The molecule has 3 heterocycles. The van der Waals surface area contributed by atoms with Crippen molar-refractivity contribution in [2.24, 2.45) is 17.6 Å². The molecule has 1 aliphatic carbocycles. The zero-order valence-electron chi connectivity index (χ0n) is 25.3. The molecule has 1 aromatic carbocycles. The molecule has 0 spiro atoms. The zero-order valence-corrected chi connectivity index (χ0v) is 25.3. The number of allylic oxidation sites excluding steroid dienone is 1. The number of aromatic nitrogens is 1. The second-order valence-electron chi connectivity index (χ2n) is 11.8. The fraction of sp³-hybridized carbons (Fsp3) is 0.562. The number of carbonyl (C=O) groups is 3. The Morgan fingerprint density at radius 3 is 2.74 bits per heavy atom. The first-order chi connectivity index (χ1) is 20.7. The largest absolute Gasteiger partial charge is 0.497 e. The van der Waals surface area contributed by atoms with Crippen LogP contribution in [0.2, 0.25) is 0 Å². The molecule has 1 aromatic heterocycles. The lowest BCUT2D eigenvalue weighted by Crippen LogP contribution is -2.55. The maximum atomic E-state index is 13.8. The Bertz CT molecular complexity index is 1400. The molecule has 1 saturated carbocycles. The summed E-state index contributed by atoms with van der Waals surface area (Å²) in [6.07, 6.45) is 7.33. The van der Waals surface area contributed by atoms with E-state index < -0.39 is 35.6 Å². The van der Waals surface area contributed by atoms with Gasteiger partial charge in [-0.2, -0.15) is 0 Å². The van der Waals surface area contributed by atoms with Gasteiger partial charge in [-0.15, -0.1) is 0 Å². The molecule has 2 amide bonds. The highest BCUT2D eigenvalue weighted by molar-refractivity contribution is 5.96. The lowest BCUT2D eigenvalue weighted by molar-refractivity contribution is -0.148. The molecular weight excluding hydrogens is 552 g/mol. The van der Waals surface area contributed by atoms with Gasteiger partial charge in [0.25, 0.3) is 0 Å². The zero-order chi connectivity index (χ0) is 30.7. The van der Waals surface area contributed by atoms with Crippen LogP contribution in [0.15, 0.2) is 36.4 Å². The summed E-state index contributed by atoms with van der Waals surface area (Å²) in [6.45, 7) is 4.61. The van der Waals surface area contributed by atoms with Crippen LogP contribution in [0.25, 0.3) is 10.9 Å². The first-order valence-corrected chi connectivity index (χ1v) is 15.1. The fourth-order valence-corrected chi connectivity index (χ4v) is 6.18. The molecule has 43 heavy (non-hydrogen) atoms. The number of nitrogens with one attached hydrogen (secondary N) is 1. The quantitative estimate of drug-likeness (QED) is 0.381. The average molecular weight is 595 g/mol. The highest BCUT2D eigenvalue weighted by atomic mass is 16.5. The molecule has 3 N–H and O–H groups in total. The van der Waals surface area contributed by atoms with Crippen LogP contribution in [-0.2, 0) is 19.1 Å². The summed E-state index contributed by atoms with van der Waals surface area (Å²) < 4.78 is 22.6. The van der Waals surface area contributed by atoms with Crippen molar-refractivity contribution >= 4 is 28.7 Å². The average Bonchev–Trinajstić information content (AvgIpc) is 3.53. The van der Waals surface area contributed by atoms with Gasteiger partial charge in [-0.25, -0.2) is 9.78 Å². The molecular formula is C32H42N4O7. The van der Waals surface area contributed by atoms with E-state index in [-0.39, 0.29) is 24.8 Å². The molecule has 11 heteroatoms. The molecule has 2 fully saturated rings. The molecule has 1 saturated heterocycles. The van der Waals surface area contributed by atoms with Gasteiger partial charge >= 0.3 is 5.97 Å². The van der Waals surface area contributed by atoms with Crippen molar-refractivity contribution in [3.8, 4) is 17.4 Å². The Balaban J connectivity index is 1.45. The highest BCUT2D eigenvalue weighted by Gasteiger charge is 2.62. The first kappa shape index (κ1) is 30.6. The SMILES string of the molecule is CCOc1cc(O[C@@H]2C[C@H]3C(=O)N[C@]4(C(=O)OC)CC4/C=C\CC[C@H](C)CC[C@H](N)C(=O)N3C2)c2ccc(OC)cc2n1. The topological polar surface area (TPSA) is 142 Å². The van der Waals surface area contributed by atoms with Gasteiger partial charge < -0.3 is 34.9 Å². The van der Waals surface area contributed by atoms with E-state index >= 15 is 0 Å². The standard InChI is InChI=1S/C32H42N4O7/c1-5-42-28-16-27(23-12-11-21(40-3)14-25(23)34-28)43-22-15-26-29(37)35-32(31(39)41-4)17-20(32)9-7-6-8-19(2)10-13-24(33)30(38)36(26)18-22/h7,9,11-12,14,16,19-20,22,24,26H,5-6,8,10,13,15,17-18,33H2,1-4H3,(H,35,37)/b9-7-/t19-,20?,22+,24-,26-,32+/m0/s1. The van der Waals surface area contributed by atoms with E-state index in [0.29, 0.717) is 48.3 Å². The maximum absolute atomic E-state index is 13.8. The Labute approximate surface area is 252 Å². The van der Waals surface area contributed by atoms with Crippen molar-refractivity contribution in [2.75, 3.05) is 27.4 Å². The summed E-state index contributed by atoms with van der Waals surface area (Å²) in [5.74, 6) is 0.557. The van der Waals surface area contributed by atoms with Crippen molar-refractivity contribution in [2.45, 2.75) is 76.1 Å². The normalized spacial score (nSPS) is 30.3. The van der Waals surface area contributed by atoms with Gasteiger partial charge in [-0.05, 0) is 57.1 Å². The number of methoxy groups -OCH3 is 2. The summed E-state index contributed by atoms with van der Waals surface area (Å²) in [7, 11) is 2.90. The number of pyridine rings is 1. The Morgan fingerprint density at radius 1 is 1.19 bits per heavy atom. The van der Waals surface area contributed by atoms with Crippen LogP contribution < -0.4 is 25.3 Å². The number of ether oxygens (including phenoxy) is 4. The maximum Gasteiger partial charge on any atom is 0.332 e. The second-order valence-corrected chi connectivity index (χ2v) is 11.8. The van der Waals surface area contributed by atoms with Crippen LogP contribution >= 0.6 is 0 Å². The third kappa shape index (κ3) is 6.41. The number of amides is 2. The van der Waals surface area contributed by atoms with Gasteiger partial charge in [-0.1, -0.05) is 19.1 Å². The minimum atomic E-state index is -1.14. The summed E-state index contributed by atoms with van der Waals surface area (Å²) >= 11 is 0. The molecule has 5 rings (SSSR count). The molecule has 2 aliphatic heterocycles. The molecule has 2 aromatic rings. The number of nitrogens with two attached hydrogens (primary N) is 1. The van der Waals surface area contributed by atoms with E-state index in [9.17, 15) is 14.4 Å². The minimum absolute atomic E-state index is 0.165. The van der Waals surface area contributed by atoms with Crippen LogP contribution in [0.5, 0.6) is 17.4 Å². The Hall–Kier alpha value is -3.86. The van der Waals surface area contributed by atoms with Gasteiger partial charge in [0.2, 0.25) is 17.7 Å². The van der Waals surface area contributed by atoms with Gasteiger partial charge in [0.05, 0.1) is 38.9 Å². The molecule has 232 valence electrons. The monoisotopic (exact) mass is 594 g/mol. The third-order valence-corrected chi connectivity index (χ3v) is 8.78. The predicted molar refractivity (Wildman–Crippen MR) is 160 cm³/mol. The number of hydrogen-bond donors (Lipinski definition) is 2. The second kappa shape index (κ2) is 12.8. The van der Waals surface area contributed by atoms with Crippen molar-refractivity contribution < 1.29 is 33.3 Å². The molecule has 0 radical (unpaired) electrons. The predicted octanol–water partition coefficient (Wildman–Crippen LogP) is 3.13. The van der Waals surface area contributed by atoms with Crippen LogP contribution in [0.4, 0.5) is 0 Å². The first-order valence-electron chi connectivity index (χ1n) is 15.1. The summed E-state index contributed by atoms with van der Waals surface area (Å²) in [4.78, 5) is 46.5. The summed E-state index contributed by atoms with van der Waals surface area (Å²) in [5, 5.41) is 3.70. The fourth-order valence-electron chi connectivity index (χ4n) is 6.18. The lowest BCUT2D eigenvalue weighted by atomic mass is 9.96. The van der Waals surface area contributed by atoms with Crippen LogP contribution in [0, 0.1) is 11.8 Å². The summed E-state index contributed by atoms with van der Waals surface area (Å²) in [6, 6.07) is 5.58. The number of rotatable bonds is 6. The van der Waals surface area contributed by atoms with E-state index in [2.05, 4.69) is 23.3 Å². The van der Waals surface area contributed by atoms with E-state index in [1.54, 1.807) is 19.2 Å². The highest BCUT2D eigenvalue weighted by Crippen LogP contribution is 2.46. The smallest absolute Gasteiger partial charge is 0.332 e. The van der Waals surface area contributed by atoms with Gasteiger partial charge in [0, 0.05) is 29.9 Å². The minimum Gasteiger partial charge on any atom is -0.497 e. The van der Waals surface area contributed by atoms with Crippen molar-refractivity contribution in [3.63, 3.8) is 0 Å². The van der Waals surface area contributed by atoms with E-state index in [4.69, 9.17) is 24.7 Å². The van der Waals surface area contributed by atoms with E-state index in [1.165, 1.54) is 12.0 Å². The molecule has 0 bridgehead atoms. The van der Waals surface area contributed by atoms with Crippen molar-refractivity contribution in [1.29, 1.82) is 0 Å². The summed E-state index contributed by atoms with van der Waals surface area (Å²) in [5.41, 5.74) is 5.91. The Morgan fingerprint density at radius 2 is 2.00 bits per heavy atom. The molecule has 11 nitrogen and oxygen atoms in total. The lowest BCUT2D eigenvalue weighted by Gasteiger charge is -2.28.